The number of hydrogen-bond acceptors (Lipinski definition) is 5. The number of anilines is 2. The lowest BCUT2D eigenvalue weighted by Gasteiger charge is -2.38. The van der Waals surface area contributed by atoms with Gasteiger partial charge in [-0.2, -0.15) is 4.90 Å². The van der Waals surface area contributed by atoms with E-state index in [9.17, 15) is 9.59 Å². The van der Waals surface area contributed by atoms with Gasteiger partial charge in [0.05, 0.1) is 11.7 Å². The molecule has 0 radical (unpaired) electrons. The summed E-state index contributed by atoms with van der Waals surface area (Å²) in [5.41, 5.74) is 7.42. The fraction of sp³-hybridized carbons (Fsp3) is 0.167. The maximum absolute atomic E-state index is 14.2. The molecule has 8 heteroatoms. The van der Waals surface area contributed by atoms with E-state index < -0.39 is 0 Å². The second kappa shape index (κ2) is 8.52. The van der Waals surface area contributed by atoms with Crippen LogP contribution in [0.4, 0.5) is 11.4 Å². The minimum atomic E-state index is -0.265. The normalized spacial score (nSPS) is 17.4. The summed E-state index contributed by atoms with van der Waals surface area (Å²) in [6.45, 7) is 4.60. The number of benzene rings is 2. The summed E-state index contributed by atoms with van der Waals surface area (Å²) in [6, 6.07) is 17.9. The topological polar surface area (TPSA) is 79.6 Å². The fourth-order valence-electron chi connectivity index (χ4n) is 5.62. The van der Waals surface area contributed by atoms with E-state index in [0.717, 1.165) is 45.1 Å². The molecule has 2 amide bonds. The number of aryl methyl sites for hydroxylation is 2. The van der Waals surface area contributed by atoms with Crippen molar-refractivity contribution in [2.75, 3.05) is 16.8 Å². The van der Waals surface area contributed by atoms with Crippen LogP contribution in [0.1, 0.15) is 49.1 Å². The van der Waals surface area contributed by atoms with E-state index in [-0.39, 0.29) is 17.9 Å². The van der Waals surface area contributed by atoms with Gasteiger partial charge in [-0.25, -0.2) is 4.67 Å². The number of carbonyl (C=O) groups is 2. The van der Waals surface area contributed by atoms with E-state index >= 15 is 0 Å². The van der Waals surface area contributed by atoms with E-state index in [0.29, 0.717) is 23.6 Å². The van der Waals surface area contributed by atoms with Gasteiger partial charge in [0.15, 0.2) is 0 Å². The second-order valence-electron chi connectivity index (χ2n) is 9.80. The summed E-state index contributed by atoms with van der Waals surface area (Å²) in [6.07, 6.45) is 4.32. The average molecular weight is 519 g/mol. The van der Waals surface area contributed by atoms with Gasteiger partial charge < -0.3 is 10.2 Å². The Morgan fingerprint density at radius 3 is 2.66 bits per heavy atom. The molecule has 38 heavy (non-hydrogen) atoms. The van der Waals surface area contributed by atoms with Crippen LogP contribution in [0.5, 0.6) is 0 Å². The highest BCUT2D eigenvalue weighted by Crippen LogP contribution is 2.39. The van der Waals surface area contributed by atoms with Crippen molar-refractivity contribution in [2.45, 2.75) is 26.3 Å². The molecule has 1 atom stereocenters. The number of amides is 2. The first-order valence-electron chi connectivity index (χ1n) is 12.6. The highest BCUT2D eigenvalue weighted by Gasteiger charge is 2.48. The van der Waals surface area contributed by atoms with Gasteiger partial charge in [-0.15, -0.1) is 11.3 Å². The maximum Gasteiger partial charge on any atom is 0.390 e. The van der Waals surface area contributed by atoms with Gasteiger partial charge in [-0.1, -0.05) is 24.3 Å². The molecule has 4 aromatic rings. The molecule has 3 aliphatic rings. The number of nitrogens with zero attached hydrogens (tertiary/aromatic N) is 4. The summed E-state index contributed by atoms with van der Waals surface area (Å²) in [7, 11) is 0. The lowest BCUT2D eigenvalue weighted by molar-refractivity contribution is -0.110. The van der Waals surface area contributed by atoms with Crippen molar-refractivity contribution in [3.8, 4) is 0 Å². The second-order valence-corrected chi connectivity index (χ2v) is 10.7. The third-order valence-electron chi connectivity index (χ3n) is 7.53. The molecule has 2 aromatic heterocycles. The largest absolute Gasteiger partial charge is 0.390 e. The Labute approximate surface area is 223 Å². The van der Waals surface area contributed by atoms with E-state index in [1.165, 1.54) is 5.56 Å². The Balaban J connectivity index is 1.29. The Kier molecular flexibility index (Phi) is 5.08. The summed E-state index contributed by atoms with van der Waals surface area (Å²) >= 11 is 1.61. The van der Waals surface area contributed by atoms with Crippen LogP contribution in [0.15, 0.2) is 72.4 Å². The van der Waals surface area contributed by atoms with Gasteiger partial charge >= 0.3 is 17.6 Å². The van der Waals surface area contributed by atoms with Crippen molar-refractivity contribution < 1.29 is 9.59 Å². The highest BCUT2D eigenvalue weighted by atomic mass is 32.1. The molecule has 0 saturated heterocycles. The monoisotopic (exact) mass is 518 g/mol. The molecule has 3 aliphatic heterocycles. The van der Waals surface area contributed by atoms with Crippen molar-refractivity contribution in [1.29, 1.82) is 0 Å². The van der Waals surface area contributed by atoms with Crippen LogP contribution in [0, 0.1) is 13.8 Å². The molecule has 186 valence electrons. The lowest BCUT2D eigenvalue weighted by Crippen LogP contribution is -2.57. The van der Waals surface area contributed by atoms with Crippen LogP contribution >= 0.6 is 11.3 Å². The third-order valence-corrected chi connectivity index (χ3v) is 8.54. The Bertz CT molecular complexity index is 1720. The van der Waals surface area contributed by atoms with Crippen LogP contribution in [0.25, 0.3) is 0 Å². The van der Waals surface area contributed by atoms with Crippen molar-refractivity contribution >= 4 is 46.2 Å². The van der Waals surface area contributed by atoms with Gasteiger partial charge in [-0.05, 0) is 83.8 Å². The SMILES string of the molecule is Cc1cc2c(cc1C(=O)N1CCc3ccccc3C1c1ccncc1)NC(=O)C1=[N+]=C(c3sccc3C)N12. The highest BCUT2D eigenvalue weighted by molar-refractivity contribution is 7.12. The summed E-state index contributed by atoms with van der Waals surface area (Å²) in [4.78, 5) is 36.1. The molecule has 7 nitrogen and oxygen atoms in total. The lowest BCUT2D eigenvalue weighted by atomic mass is 9.87. The molecule has 1 unspecified atom stereocenters. The zero-order valence-electron chi connectivity index (χ0n) is 20.9. The predicted molar refractivity (Wildman–Crippen MR) is 150 cm³/mol. The zero-order chi connectivity index (χ0) is 26.0. The van der Waals surface area contributed by atoms with Crippen LogP contribution in [0.3, 0.4) is 0 Å². The summed E-state index contributed by atoms with van der Waals surface area (Å²) in [5.74, 6) is 0.827. The van der Waals surface area contributed by atoms with Crippen molar-refractivity contribution in [3.05, 3.63) is 111 Å². The molecule has 0 spiro atoms. The number of amidine groups is 2. The van der Waals surface area contributed by atoms with Gasteiger partial charge in [0, 0.05) is 24.5 Å². The standard InChI is InChI=1S/C30H23N5O2S/c1-17-10-14-38-26(17)27-33-28-29(36)32-23-16-22(18(2)15-24(23)35(27)28)30(37)34-13-9-19-5-3-4-6-21(19)25(34)20-7-11-31-12-8-20/h3-8,10-12,14-16,25H,9,13H2,1-2H3/p+1. The first-order chi connectivity index (χ1) is 18.5. The number of fused-ring (bicyclic) bond motifs is 4. The van der Waals surface area contributed by atoms with Crippen molar-refractivity contribution in [1.82, 2.24) is 14.6 Å². The fourth-order valence-corrected chi connectivity index (χ4v) is 6.53. The molecule has 2 aromatic carbocycles. The first kappa shape index (κ1) is 22.7. The number of thiophene rings is 1. The molecule has 5 heterocycles. The average Bonchev–Trinajstić information content (AvgIpc) is 3.33. The molecule has 0 fully saturated rings. The van der Waals surface area contributed by atoms with Gasteiger partial charge in [-0.3, -0.25) is 14.6 Å². The van der Waals surface area contributed by atoms with Crippen LogP contribution < -0.4 is 14.9 Å². The van der Waals surface area contributed by atoms with Crippen LogP contribution in [-0.4, -0.2) is 39.9 Å². The molecule has 1 N–H and O–H groups in total. The molecule has 0 bridgehead atoms. The molecule has 0 aliphatic carbocycles. The molecule has 7 rings (SSSR count). The molecular weight excluding hydrogens is 494 g/mol. The number of rotatable bonds is 3. The quantitative estimate of drug-likeness (QED) is 0.412. The van der Waals surface area contributed by atoms with E-state index in [4.69, 9.17) is 0 Å². The van der Waals surface area contributed by atoms with E-state index in [2.05, 4.69) is 33.2 Å². The van der Waals surface area contributed by atoms with E-state index in [1.807, 2.05) is 65.4 Å². The number of pyridine rings is 1. The molecule has 0 saturated carbocycles. The number of aromatic nitrogens is 1. The number of nitrogens with one attached hydrogen (secondary N) is 1. The van der Waals surface area contributed by atoms with Gasteiger partial charge in [0.25, 0.3) is 5.91 Å². The third kappa shape index (κ3) is 3.35. The summed E-state index contributed by atoms with van der Waals surface area (Å²) < 4.78 is 4.53. The molecular formula is C30H24N5O2S+. The van der Waals surface area contributed by atoms with Gasteiger partial charge in [0.2, 0.25) is 0 Å². The zero-order valence-corrected chi connectivity index (χ0v) is 21.7. The number of carbonyl (C=O) groups excluding carboxylic acids is 2. The number of hydrogen-bond donors (Lipinski definition) is 1. The maximum atomic E-state index is 14.2. The smallest absolute Gasteiger partial charge is 0.327 e. The van der Waals surface area contributed by atoms with Gasteiger partial charge in [0.1, 0.15) is 10.6 Å². The minimum absolute atomic E-state index is 0.0581. The van der Waals surface area contributed by atoms with Crippen molar-refractivity contribution in [2.24, 2.45) is 0 Å². The predicted octanol–water partition coefficient (Wildman–Crippen LogP) is 4.23. The minimum Gasteiger partial charge on any atom is -0.327 e. The van der Waals surface area contributed by atoms with Crippen LogP contribution in [-0.2, 0) is 11.2 Å². The van der Waals surface area contributed by atoms with Crippen molar-refractivity contribution in [3.63, 3.8) is 0 Å². The Morgan fingerprint density at radius 2 is 1.87 bits per heavy atom. The Hall–Kier alpha value is -4.52. The first-order valence-corrected chi connectivity index (χ1v) is 13.4. The Morgan fingerprint density at radius 1 is 1.05 bits per heavy atom. The van der Waals surface area contributed by atoms with E-state index in [1.54, 1.807) is 23.7 Å². The summed E-state index contributed by atoms with van der Waals surface area (Å²) in [5, 5.41) is 4.98. The van der Waals surface area contributed by atoms with Crippen LogP contribution in [0.2, 0.25) is 0 Å².